The minimum absolute atomic E-state index is 0.262. The highest BCUT2D eigenvalue weighted by Gasteiger charge is 2.16. The number of urea groups is 1. The summed E-state index contributed by atoms with van der Waals surface area (Å²) in [5.41, 5.74) is 0.948. The van der Waals surface area contributed by atoms with E-state index in [0.717, 1.165) is 10.6 Å². The van der Waals surface area contributed by atoms with Crippen LogP contribution in [0.15, 0.2) is 47.8 Å². The lowest BCUT2D eigenvalue weighted by molar-refractivity contribution is 0.249. The molecule has 1 aromatic carbocycles. The van der Waals surface area contributed by atoms with Crippen LogP contribution in [0, 0.1) is 0 Å². The van der Waals surface area contributed by atoms with Crippen molar-refractivity contribution in [2.75, 3.05) is 17.3 Å². The molecule has 2 amide bonds. The lowest BCUT2D eigenvalue weighted by Crippen LogP contribution is -2.35. The summed E-state index contributed by atoms with van der Waals surface area (Å²) in [5.74, 6) is 0.391. The van der Waals surface area contributed by atoms with Gasteiger partial charge in [-0.15, -0.1) is 11.3 Å². The van der Waals surface area contributed by atoms with Crippen molar-refractivity contribution in [1.82, 2.24) is 5.32 Å². The van der Waals surface area contributed by atoms with Crippen molar-refractivity contribution in [3.63, 3.8) is 0 Å². The standard InChI is InChI=1S/C14H16N2O2S2/c1-20(18)10-12(11-6-3-2-4-7-11)15-14(17)16-13-8-5-9-19-13/h2-9,12H,10H2,1H3,(H2,15,16,17)/t12-,20+/m1/s1. The van der Waals surface area contributed by atoms with Crippen molar-refractivity contribution < 1.29 is 9.00 Å². The van der Waals surface area contributed by atoms with Gasteiger partial charge in [0.15, 0.2) is 0 Å². The SMILES string of the molecule is C[S@](=O)C[C@@H](NC(=O)Nc1cccs1)c1ccccc1. The number of carbonyl (C=O) groups excluding carboxylic acids is 1. The molecule has 6 heteroatoms. The Labute approximate surface area is 124 Å². The molecule has 1 heterocycles. The van der Waals surface area contributed by atoms with Crippen LogP contribution in [0.1, 0.15) is 11.6 Å². The van der Waals surface area contributed by atoms with Crippen LogP contribution in [0.2, 0.25) is 0 Å². The first-order valence-electron chi connectivity index (χ1n) is 6.11. The Kier molecular flexibility index (Phi) is 5.31. The molecule has 0 fully saturated rings. The number of carbonyl (C=O) groups is 1. The molecule has 2 atom stereocenters. The first-order chi connectivity index (χ1) is 9.65. The second-order valence-corrected chi connectivity index (χ2v) is 6.71. The van der Waals surface area contributed by atoms with E-state index in [-0.39, 0.29) is 12.1 Å². The van der Waals surface area contributed by atoms with Gasteiger partial charge in [0.05, 0.1) is 11.0 Å². The Morgan fingerprint density at radius 2 is 2.00 bits per heavy atom. The van der Waals surface area contributed by atoms with Crippen LogP contribution in [0.25, 0.3) is 0 Å². The maximum atomic E-state index is 12.0. The third-order valence-electron chi connectivity index (χ3n) is 2.67. The van der Waals surface area contributed by atoms with E-state index >= 15 is 0 Å². The average molecular weight is 308 g/mol. The highest BCUT2D eigenvalue weighted by molar-refractivity contribution is 7.84. The minimum Gasteiger partial charge on any atom is -0.330 e. The van der Waals surface area contributed by atoms with Crippen LogP contribution in [-0.2, 0) is 10.8 Å². The van der Waals surface area contributed by atoms with Gasteiger partial charge in [-0.25, -0.2) is 4.79 Å². The Morgan fingerprint density at radius 3 is 2.60 bits per heavy atom. The zero-order valence-corrected chi connectivity index (χ0v) is 12.7. The topological polar surface area (TPSA) is 58.2 Å². The lowest BCUT2D eigenvalue weighted by atomic mass is 10.1. The van der Waals surface area contributed by atoms with Crippen molar-refractivity contribution in [3.05, 3.63) is 53.4 Å². The number of thiophene rings is 1. The maximum Gasteiger partial charge on any atom is 0.320 e. The summed E-state index contributed by atoms with van der Waals surface area (Å²) >= 11 is 1.46. The smallest absolute Gasteiger partial charge is 0.320 e. The molecule has 0 saturated heterocycles. The van der Waals surface area contributed by atoms with Crippen LogP contribution < -0.4 is 10.6 Å². The van der Waals surface area contributed by atoms with E-state index in [9.17, 15) is 9.00 Å². The van der Waals surface area contributed by atoms with Gasteiger partial charge in [0.1, 0.15) is 0 Å². The number of amides is 2. The van der Waals surface area contributed by atoms with Crippen molar-refractivity contribution >= 4 is 33.2 Å². The fraction of sp³-hybridized carbons (Fsp3) is 0.214. The number of hydrogen-bond acceptors (Lipinski definition) is 3. The van der Waals surface area contributed by atoms with E-state index in [1.165, 1.54) is 11.3 Å². The summed E-state index contributed by atoms with van der Waals surface area (Å²) in [7, 11) is -0.991. The summed E-state index contributed by atoms with van der Waals surface area (Å²) in [6, 6.07) is 12.7. The molecular weight excluding hydrogens is 292 g/mol. The summed E-state index contributed by atoms with van der Waals surface area (Å²) < 4.78 is 11.5. The molecule has 0 bridgehead atoms. The van der Waals surface area contributed by atoms with E-state index in [1.54, 1.807) is 6.26 Å². The third kappa shape index (κ3) is 4.47. The van der Waals surface area contributed by atoms with Gasteiger partial charge in [0.25, 0.3) is 0 Å². The quantitative estimate of drug-likeness (QED) is 0.892. The minimum atomic E-state index is -0.991. The Bertz CT molecular complexity index is 570. The Hall–Kier alpha value is -1.66. The molecule has 0 unspecified atom stereocenters. The fourth-order valence-electron chi connectivity index (χ4n) is 1.80. The molecule has 106 valence electrons. The molecule has 0 aliphatic heterocycles. The molecule has 1 aromatic heterocycles. The van der Waals surface area contributed by atoms with Gasteiger partial charge in [0.2, 0.25) is 0 Å². The second-order valence-electron chi connectivity index (χ2n) is 4.28. The molecule has 0 aliphatic carbocycles. The molecule has 0 spiro atoms. The first-order valence-corrected chi connectivity index (χ1v) is 8.72. The Morgan fingerprint density at radius 1 is 1.25 bits per heavy atom. The lowest BCUT2D eigenvalue weighted by Gasteiger charge is -2.18. The first kappa shape index (κ1) is 14.7. The van der Waals surface area contributed by atoms with Crippen molar-refractivity contribution in [3.8, 4) is 0 Å². The monoisotopic (exact) mass is 308 g/mol. The van der Waals surface area contributed by atoms with E-state index in [4.69, 9.17) is 0 Å². The van der Waals surface area contributed by atoms with Crippen molar-refractivity contribution in [1.29, 1.82) is 0 Å². The zero-order chi connectivity index (χ0) is 14.4. The van der Waals surface area contributed by atoms with Gasteiger partial charge in [-0.05, 0) is 23.1 Å². The second kappa shape index (κ2) is 7.21. The summed E-state index contributed by atoms with van der Waals surface area (Å²) in [6.45, 7) is 0. The molecule has 0 radical (unpaired) electrons. The summed E-state index contributed by atoms with van der Waals surface area (Å²) in [5, 5.41) is 8.31. The summed E-state index contributed by atoms with van der Waals surface area (Å²) in [6.07, 6.45) is 1.63. The van der Waals surface area contributed by atoms with Crippen LogP contribution in [0.4, 0.5) is 9.80 Å². The number of nitrogens with one attached hydrogen (secondary N) is 2. The van der Waals surface area contributed by atoms with E-state index < -0.39 is 10.8 Å². The van der Waals surface area contributed by atoms with Crippen LogP contribution >= 0.6 is 11.3 Å². The Balaban J connectivity index is 2.04. The highest BCUT2D eigenvalue weighted by Crippen LogP contribution is 2.17. The zero-order valence-electron chi connectivity index (χ0n) is 11.0. The van der Waals surface area contributed by atoms with Gasteiger partial charge in [-0.1, -0.05) is 30.3 Å². The molecule has 20 heavy (non-hydrogen) atoms. The predicted octanol–water partition coefficient (Wildman–Crippen LogP) is 2.99. The maximum absolute atomic E-state index is 12.0. The molecule has 0 saturated carbocycles. The predicted molar refractivity (Wildman–Crippen MR) is 84.6 cm³/mol. The van der Waals surface area contributed by atoms with Crippen LogP contribution in [0.5, 0.6) is 0 Å². The number of anilines is 1. The van der Waals surface area contributed by atoms with E-state index in [0.29, 0.717) is 5.75 Å². The van der Waals surface area contributed by atoms with Crippen molar-refractivity contribution in [2.24, 2.45) is 0 Å². The molecule has 2 N–H and O–H groups in total. The van der Waals surface area contributed by atoms with Gasteiger partial charge in [-0.3, -0.25) is 9.53 Å². The van der Waals surface area contributed by atoms with Gasteiger partial charge in [0, 0.05) is 22.8 Å². The third-order valence-corrected chi connectivity index (χ3v) is 4.25. The number of hydrogen-bond donors (Lipinski definition) is 2. The molecule has 4 nitrogen and oxygen atoms in total. The summed E-state index contributed by atoms with van der Waals surface area (Å²) in [4.78, 5) is 12.0. The van der Waals surface area contributed by atoms with Gasteiger partial charge >= 0.3 is 6.03 Å². The number of benzene rings is 1. The van der Waals surface area contributed by atoms with Gasteiger partial charge in [-0.2, -0.15) is 0 Å². The van der Waals surface area contributed by atoms with Gasteiger partial charge < -0.3 is 5.32 Å². The molecule has 2 rings (SSSR count). The van der Waals surface area contributed by atoms with Crippen LogP contribution in [0.3, 0.4) is 0 Å². The largest absolute Gasteiger partial charge is 0.330 e. The van der Waals surface area contributed by atoms with Crippen LogP contribution in [-0.4, -0.2) is 22.2 Å². The highest BCUT2D eigenvalue weighted by atomic mass is 32.2. The number of rotatable bonds is 5. The molecule has 0 aliphatic rings. The van der Waals surface area contributed by atoms with Crippen molar-refractivity contribution in [2.45, 2.75) is 6.04 Å². The normalized spacial score (nSPS) is 13.4. The van der Waals surface area contributed by atoms with E-state index in [2.05, 4.69) is 10.6 Å². The molecular formula is C14H16N2O2S2. The average Bonchev–Trinajstić information content (AvgIpc) is 2.91. The molecule has 2 aromatic rings. The fourth-order valence-corrected chi connectivity index (χ4v) is 3.15. The van der Waals surface area contributed by atoms with E-state index in [1.807, 2.05) is 47.8 Å².